The molecule has 2 rings (SSSR count). The van der Waals surface area contributed by atoms with Gasteiger partial charge in [0.05, 0.1) is 19.1 Å². The Labute approximate surface area is 159 Å². The van der Waals surface area contributed by atoms with E-state index in [4.69, 9.17) is 4.74 Å². The molecule has 0 unspecified atom stereocenters. The molecule has 0 aromatic heterocycles. The standard InChI is InChI=1S/C19H27N3O5/c1-3-4-5-15(10-21(26)12-23)19(25)22-13-27-11-17(22)18(24)20-16-8-6-14(2)7-9-16/h6-9,12,15,17,26H,3-5,10-11,13H2,1-2H3,(H,20,24)/t15-,17+/m1/s1. The topological polar surface area (TPSA) is 99.2 Å². The summed E-state index contributed by atoms with van der Waals surface area (Å²) in [6.45, 7) is 3.97. The van der Waals surface area contributed by atoms with Crippen molar-refractivity contribution in [3.05, 3.63) is 29.8 Å². The van der Waals surface area contributed by atoms with E-state index in [0.29, 0.717) is 17.2 Å². The maximum atomic E-state index is 12.9. The maximum Gasteiger partial charge on any atom is 0.249 e. The van der Waals surface area contributed by atoms with Gasteiger partial charge in [0.25, 0.3) is 0 Å². The van der Waals surface area contributed by atoms with Gasteiger partial charge < -0.3 is 15.0 Å². The molecule has 1 saturated heterocycles. The van der Waals surface area contributed by atoms with Crippen LogP contribution in [0.25, 0.3) is 0 Å². The van der Waals surface area contributed by atoms with Crippen LogP contribution in [0.3, 0.4) is 0 Å². The second-order valence-electron chi connectivity index (χ2n) is 6.75. The summed E-state index contributed by atoms with van der Waals surface area (Å²) >= 11 is 0. The highest BCUT2D eigenvalue weighted by Gasteiger charge is 2.38. The van der Waals surface area contributed by atoms with E-state index in [-0.39, 0.29) is 38.1 Å². The lowest BCUT2D eigenvalue weighted by Crippen LogP contribution is -2.48. The van der Waals surface area contributed by atoms with Crippen LogP contribution >= 0.6 is 0 Å². The Morgan fingerprint density at radius 1 is 1.41 bits per heavy atom. The Kier molecular flexibility index (Phi) is 7.75. The Hall–Kier alpha value is -2.45. The number of unbranched alkanes of at least 4 members (excludes halogenated alkanes) is 1. The highest BCUT2D eigenvalue weighted by Crippen LogP contribution is 2.20. The van der Waals surface area contributed by atoms with Crippen molar-refractivity contribution in [3.8, 4) is 0 Å². The van der Waals surface area contributed by atoms with E-state index in [9.17, 15) is 19.6 Å². The number of hydrogen-bond acceptors (Lipinski definition) is 5. The number of carbonyl (C=O) groups is 3. The Bertz CT molecular complexity index is 649. The first kappa shape index (κ1) is 20.9. The van der Waals surface area contributed by atoms with Gasteiger partial charge >= 0.3 is 0 Å². The van der Waals surface area contributed by atoms with Crippen LogP contribution < -0.4 is 5.32 Å². The first-order valence-corrected chi connectivity index (χ1v) is 9.12. The molecule has 2 atom stereocenters. The van der Waals surface area contributed by atoms with E-state index in [0.717, 1.165) is 18.4 Å². The van der Waals surface area contributed by atoms with Crippen LogP contribution in [-0.2, 0) is 19.1 Å². The van der Waals surface area contributed by atoms with Crippen molar-refractivity contribution in [2.24, 2.45) is 5.92 Å². The summed E-state index contributed by atoms with van der Waals surface area (Å²) in [5.74, 6) is -1.21. The van der Waals surface area contributed by atoms with Crippen molar-refractivity contribution in [1.82, 2.24) is 9.96 Å². The van der Waals surface area contributed by atoms with Crippen LogP contribution in [0.1, 0.15) is 31.7 Å². The zero-order valence-corrected chi connectivity index (χ0v) is 15.8. The van der Waals surface area contributed by atoms with E-state index in [1.807, 2.05) is 26.0 Å². The quantitative estimate of drug-likeness (QED) is 0.388. The molecule has 2 N–H and O–H groups in total. The first-order valence-electron chi connectivity index (χ1n) is 9.12. The zero-order chi connectivity index (χ0) is 19.8. The van der Waals surface area contributed by atoms with Crippen molar-refractivity contribution in [2.75, 3.05) is 25.2 Å². The minimum atomic E-state index is -0.744. The SMILES string of the molecule is CCCC[C@H](CN(O)C=O)C(=O)N1COC[C@H]1C(=O)Nc1ccc(C)cc1. The molecule has 0 saturated carbocycles. The third kappa shape index (κ3) is 5.77. The molecule has 8 nitrogen and oxygen atoms in total. The average molecular weight is 377 g/mol. The van der Waals surface area contributed by atoms with Gasteiger partial charge in [-0.15, -0.1) is 0 Å². The molecule has 3 amide bonds. The van der Waals surface area contributed by atoms with Crippen LogP contribution in [0.15, 0.2) is 24.3 Å². The fraction of sp³-hybridized carbons (Fsp3) is 0.526. The van der Waals surface area contributed by atoms with Crippen molar-refractivity contribution in [2.45, 2.75) is 39.2 Å². The van der Waals surface area contributed by atoms with Gasteiger partial charge in [0.2, 0.25) is 18.2 Å². The van der Waals surface area contributed by atoms with Gasteiger partial charge in [-0.05, 0) is 25.5 Å². The summed E-state index contributed by atoms with van der Waals surface area (Å²) in [5.41, 5.74) is 1.73. The Balaban J connectivity index is 2.06. The summed E-state index contributed by atoms with van der Waals surface area (Å²) in [7, 11) is 0. The minimum absolute atomic E-state index is 0.0138. The van der Waals surface area contributed by atoms with Crippen LogP contribution in [0.2, 0.25) is 0 Å². The number of carbonyl (C=O) groups excluding carboxylic acids is 3. The molecule has 1 aliphatic rings. The van der Waals surface area contributed by atoms with Crippen LogP contribution in [0.4, 0.5) is 5.69 Å². The second kappa shape index (κ2) is 10.0. The monoisotopic (exact) mass is 377 g/mol. The number of ether oxygens (including phenoxy) is 1. The number of benzene rings is 1. The molecule has 0 bridgehead atoms. The molecule has 1 aliphatic heterocycles. The van der Waals surface area contributed by atoms with Gasteiger partial charge in [-0.25, -0.2) is 5.06 Å². The van der Waals surface area contributed by atoms with Crippen LogP contribution in [0, 0.1) is 12.8 Å². The lowest BCUT2D eigenvalue weighted by atomic mass is 9.99. The van der Waals surface area contributed by atoms with Gasteiger partial charge in [-0.2, -0.15) is 0 Å². The van der Waals surface area contributed by atoms with Crippen molar-refractivity contribution in [3.63, 3.8) is 0 Å². The van der Waals surface area contributed by atoms with Crippen molar-refractivity contribution < 1.29 is 24.3 Å². The largest absolute Gasteiger partial charge is 0.358 e. The molecular formula is C19H27N3O5. The first-order chi connectivity index (χ1) is 13.0. The smallest absolute Gasteiger partial charge is 0.249 e. The predicted molar refractivity (Wildman–Crippen MR) is 98.8 cm³/mol. The highest BCUT2D eigenvalue weighted by atomic mass is 16.5. The second-order valence-corrected chi connectivity index (χ2v) is 6.75. The fourth-order valence-corrected chi connectivity index (χ4v) is 2.99. The third-order valence-corrected chi connectivity index (χ3v) is 4.57. The Morgan fingerprint density at radius 2 is 2.11 bits per heavy atom. The van der Waals surface area contributed by atoms with E-state index < -0.39 is 12.0 Å². The molecule has 0 aliphatic carbocycles. The van der Waals surface area contributed by atoms with Crippen molar-refractivity contribution in [1.29, 1.82) is 0 Å². The van der Waals surface area contributed by atoms with Crippen LogP contribution in [-0.4, -0.2) is 59.3 Å². The number of nitrogens with zero attached hydrogens (tertiary/aromatic N) is 2. The molecular weight excluding hydrogens is 350 g/mol. The fourth-order valence-electron chi connectivity index (χ4n) is 2.99. The number of rotatable bonds is 9. The molecule has 27 heavy (non-hydrogen) atoms. The summed E-state index contributed by atoms with van der Waals surface area (Å²) < 4.78 is 5.35. The van der Waals surface area contributed by atoms with Gasteiger partial charge in [0.1, 0.15) is 12.8 Å². The van der Waals surface area contributed by atoms with E-state index >= 15 is 0 Å². The van der Waals surface area contributed by atoms with Crippen LogP contribution in [0.5, 0.6) is 0 Å². The summed E-state index contributed by atoms with van der Waals surface area (Å²) in [5, 5.41) is 12.8. The summed E-state index contributed by atoms with van der Waals surface area (Å²) in [6.07, 6.45) is 2.44. The number of nitrogens with one attached hydrogen (secondary N) is 1. The molecule has 0 radical (unpaired) electrons. The van der Waals surface area contributed by atoms with Crippen molar-refractivity contribution >= 4 is 23.9 Å². The summed E-state index contributed by atoms with van der Waals surface area (Å²) in [4.78, 5) is 37.7. The number of amides is 3. The molecule has 1 heterocycles. The number of aryl methyl sites for hydroxylation is 1. The molecule has 1 aromatic rings. The lowest BCUT2D eigenvalue weighted by Gasteiger charge is -2.27. The van der Waals surface area contributed by atoms with Gasteiger partial charge in [0.15, 0.2) is 0 Å². The molecule has 1 aromatic carbocycles. The average Bonchev–Trinajstić information content (AvgIpc) is 3.16. The maximum absolute atomic E-state index is 12.9. The van der Waals surface area contributed by atoms with Gasteiger partial charge in [0, 0.05) is 5.69 Å². The zero-order valence-electron chi connectivity index (χ0n) is 15.8. The number of hydroxylamine groups is 2. The molecule has 8 heteroatoms. The van der Waals surface area contributed by atoms with E-state index in [1.165, 1.54) is 4.90 Å². The Morgan fingerprint density at radius 3 is 2.74 bits per heavy atom. The predicted octanol–water partition coefficient (Wildman–Crippen LogP) is 1.77. The van der Waals surface area contributed by atoms with Gasteiger partial charge in [-0.3, -0.25) is 19.6 Å². The molecule has 148 valence electrons. The number of hydrogen-bond donors (Lipinski definition) is 2. The molecule has 0 spiro atoms. The number of anilines is 1. The van der Waals surface area contributed by atoms with Gasteiger partial charge in [-0.1, -0.05) is 37.5 Å². The lowest BCUT2D eigenvalue weighted by molar-refractivity contribution is -0.158. The molecule has 1 fully saturated rings. The van der Waals surface area contributed by atoms with E-state index in [2.05, 4.69) is 5.32 Å². The third-order valence-electron chi connectivity index (χ3n) is 4.57. The summed E-state index contributed by atoms with van der Waals surface area (Å²) in [6, 6.07) is 6.63. The van der Waals surface area contributed by atoms with E-state index in [1.54, 1.807) is 12.1 Å². The highest BCUT2D eigenvalue weighted by molar-refractivity contribution is 5.97. The normalized spacial score (nSPS) is 17.4. The minimum Gasteiger partial charge on any atom is -0.358 e.